The second-order valence-corrected chi connectivity index (χ2v) is 12.6. The van der Waals surface area contributed by atoms with E-state index in [4.69, 9.17) is 9.47 Å². The average molecular weight is 673 g/mol. The first-order chi connectivity index (χ1) is 22.9. The number of unbranched alkanes of at least 4 members (excludes halogenated alkanes) is 2. The van der Waals surface area contributed by atoms with Crippen LogP contribution >= 0.6 is 11.8 Å². The number of para-hydroxylation sites is 1. The fourth-order valence-corrected chi connectivity index (χ4v) is 6.24. The number of hydrogen-bond acceptors (Lipinski definition) is 13. The fourth-order valence-electron chi connectivity index (χ4n) is 4.31. The third kappa shape index (κ3) is 8.43. The molecule has 0 aliphatic rings. The maximum atomic E-state index is 12.8. The van der Waals surface area contributed by atoms with Crippen molar-refractivity contribution in [3.63, 3.8) is 0 Å². The van der Waals surface area contributed by atoms with E-state index in [1.54, 1.807) is 6.07 Å². The molecular weight excluding hydrogens is 645 g/mol. The normalized spacial score (nSPS) is 11.0. The molecule has 2 aromatic heterocycles. The number of carbonyl (C=O) groups is 1. The molecule has 0 radical (unpaired) electrons. The number of aromatic nitrogens is 4. The molecule has 0 aliphatic carbocycles. The van der Waals surface area contributed by atoms with Crippen molar-refractivity contribution < 1.29 is 32.2 Å². The number of esters is 1. The minimum atomic E-state index is -4.20. The summed E-state index contributed by atoms with van der Waals surface area (Å²) in [4.78, 5) is 21.3. The summed E-state index contributed by atoms with van der Waals surface area (Å²) in [5.74, 6) is -0.606. The lowest BCUT2D eigenvalue weighted by atomic mass is 10.1. The molecule has 13 nitrogen and oxygen atoms in total. The molecular formula is C32H28N6O7S2. The van der Waals surface area contributed by atoms with E-state index >= 15 is 0 Å². The molecule has 15 heteroatoms. The number of rotatable bonds is 15. The summed E-state index contributed by atoms with van der Waals surface area (Å²) < 4.78 is 41.0. The van der Waals surface area contributed by atoms with Gasteiger partial charge < -0.3 is 20.0 Å². The maximum absolute atomic E-state index is 12.8. The topological polar surface area (TPSA) is 184 Å². The van der Waals surface area contributed by atoms with Crippen LogP contribution in [-0.2, 0) is 19.4 Å². The van der Waals surface area contributed by atoms with E-state index < -0.39 is 26.7 Å². The average Bonchev–Trinajstić information content (AvgIpc) is 3.48. The summed E-state index contributed by atoms with van der Waals surface area (Å²) in [5, 5.41) is 28.2. The first-order valence-corrected chi connectivity index (χ1v) is 16.8. The van der Waals surface area contributed by atoms with Crippen molar-refractivity contribution in [1.82, 2.24) is 15.1 Å². The third-order valence-electron chi connectivity index (χ3n) is 6.55. The number of sulfone groups is 1. The Labute approximate surface area is 274 Å². The SMILES string of the molecule is N#Cc1c(Nc2ccccc2)nc(SCC(=O)OCCCCCOc2no[n+]([O-])c2S(=O)(=O)c2ccccc2)nc1-c1ccccc1. The van der Waals surface area contributed by atoms with Gasteiger partial charge in [-0.25, -0.2) is 18.4 Å². The molecule has 3 aromatic carbocycles. The fraction of sp³-hybridized carbons (Fsp3) is 0.188. The van der Waals surface area contributed by atoms with E-state index in [0.717, 1.165) is 23.0 Å². The van der Waals surface area contributed by atoms with Crippen molar-refractivity contribution in [3.05, 3.63) is 102 Å². The van der Waals surface area contributed by atoms with Gasteiger partial charge in [0.2, 0.25) is 0 Å². The first kappa shape index (κ1) is 32.9. The van der Waals surface area contributed by atoms with Crippen LogP contribution in [0.3, 0.4) is 0 Å². The number of hydrogen-bond donors (Lipinski definition) is 1. The predicted octanol–water partition coefficient (Wildman–Crippen LogP) is 5.10. The van der Waals surface area contributed by atoms with E-state index in [-0.39, 0.29) is 34.3 Å². The van der Waals surface area contributed by atoms with Crippen molar-refractivity contribution in [1.29, 1.82) is 5.26 Å². The van der Waals surface area contributed by atoms with Gasteiger partial charge in [-0.05, 0) is 48.4 Å². The van der Waals surface area contributed by atoms with Gasteiger partial charge in [0.1, 0.15) is 11.6 Å². The molecule has 1 N–H and O–H groups in total. The van der Waals surface area contributed by atoms with Crippen LogP contribution in [0.4, 0.5) is 11.5 Å². The number of thioether (sulfide) groups is 1. The molecule has 0 unspecified atom stereocenters. The van der Waals surface area contributed by atoms with Crippen molar-refractivity contribution >= 4 is 39.1 Å². The van der Waals surface area contributed by atoms with Gasteiger partial charge in [0, 0.05) is 11.3 Å². The molecule has 5 aromatic rings. The maximum Gasteiger partial charge on any atom is 0.414 e. The molecule has 0 saturated carbocycles. The number of nitrogens with one attached hydrogen (secondary N) is 1. The molecule has 47 heavy (non-hydrogen) atoms. The zero-order chi connectivity index (χ0) is 33.1. The molecule has 5 rings (SSSR count). The Bertz CT molecular complexity index is 1950. The number of benzene rings is 3. The standard InChI is InChI=1S/C32H28N6O7S2/c33-21-26-28(23-13-5-1-6-14-23)35-32(36-29(26)34-24-15-7-2-8-16-24)46-22-27(39)43-19-11-4-12-20-44-30-31(38(40)45-37-30)47(41,42)25-17-9-3-10-18-25/h1-3,5-10,13-18H,4,11-12,19-20,22H2,(H,34,35,36). The molecule has 0 fully saturated rings. The minimum Gasteiger partial charge on any atom is -0.465 e. The van der Waals surface area contributed by atoms with Crippen molar-refractivity contribution in [3.8, 4) is 23.2 Å². The quantitative estimate of drug-likeness (QED) is 0.0510. The summed E-state index contributed by atoms with van der Waals surface area (Å²) in [5.41, 5.74) is 2.21. The summed E-state index contributed by atoms with van der Waals surface area (Å²) in [6.45, 7) is 0.217. The van der Waals surface area contributed by atoms with E-state index in [0.29, 0.717) is 35.9 Å². The Morgan fingerprint density at radius 3 is 2.30 bits per heavy atom. The van der Waals surface area contributed by atoms with Gasteiger partial charge in [-0.2, -0.15) is 5.26 Å². The van der Waals surface area contributed by atoms with Gasteiger partial charge in [-0.15, -0.1) is 0 Å². The van der Waals surface area contributed by atoms with Gasteiger partial charge in [0.25, 0.3) is 9.84 Å². The Morgan fingerprint density at radius 2 is 1.60 bits per heavy atom. The second-order valence-electron chi connectivity index (χ2n) is 9.82. The van der Waals surface area contributed by atoms with Gasteiger partial charge in [0.05, 0.1) is 34.7 Å². The van der Waals surface area contributed by atoms with Gasteiger partial charge >= 0.3 is 16.9 Å². The van der Waals surface area contributed by atoms with Crippen LogP contribution in [0, 0.1) is 16.5 Å². The first-order valence-electron chi connectivity index (χ1n) is 14.4. The summed E-state index contributed by atoms with van der Waals surface area (Å²) >= 11 is 1.10. The van der Waals surface area contributed by atoms with Gasteiger partial charge in [-0.3, -0.25) is 9.42 Å². The second kappa shape index (κ2) is 15.7. The molecule has 0 saturated heterocycles. The lowest BCUT2D eigenvalue weighted by Gasteiger charge is -2.13. The van der Waals surface area contributed by atoms with Crippen LogP contribution in [0.25, 0.3) is 11.3 Å². The number of nitriles is 1. The van der Waals surface area contributed by atoms with Crippen LogP contribution < -0.4 is 15.0 Å². The van der Waals surface area contributed by atoms with Crippen LogP contribution in [0.2, 0.25) is 0 Å². The number of anilines is 2. The molecule has 0 atom stereocenters. The van der Waals surface area contributed by atoms with E-state index in [1.807, 2.05) is 60.7 Å². The Kier molecular flexibility index (Phi) is 11.0. The Balaban J connectivity index is 1.11. The Morgan fingerprint density at radius 1 is 0.936 bits per heavy atom. The summed E-state index contributed by atoms with van der Waals surface area (Å²) in [6, 6.07) is 28.2. The van der Waals surface area contributed by atoms with Crippen molar-refractivity contribution in [2.24, 2.45) is 0 Å². The van der Waals surface area contributed by atoms with E-state index in [9.17, 15) is 23.7 Å². The highest BCUT2D eigenvalue weighted by Crippen LogP contribution is 2.31. The third-order valence-corrected chi connectivity index (χ3v) is 9.09. The highest BCUT2D eigenvalue weighted by atomic mass is 32.2. The van der Waals surface area contributed by atoms with Crippen molar-refractivity contribution in [2.45, 2.75) is 34.3 Å². The van der Waals surface area contributed by atoms with E-state index in [2.05, 4.69) is 31.1 Å². The highest BCUT2D eigenvalue weighted by Gasteiger charge is 2.35. The van der Waals surface area contributed by atoms with Crippen LogP contribution in [0.5, 0.6) is 5.88 Å². The molecule has 0 aliphatic heterocycles. The number of ether oxygens (including phenoxy) is 2. The number of carbonyl (C=O) groups excluding carboxylic acids is 1. The van der Waals surface area contributed by atoms with Crippen molar-refractivity contribution in [2.75, 3.05) is 24.3 Å². The summed E-state index contributed by atoms with van der Waals surface area (Å²) in [7, 11) is -4.20. The lowest BCUT2D eigenvalue weighted by molar-refractivity contribution is -0.832. The molecule has 0 bridgehead atoms. The predicted molar refractivity (Wildman–Crippen MR) is 170 cm³/mol. The number of nitrogens with zero attached hydrogens (tertiary/aromatic N) is 5. The Hall–Kier alpha value is -5.46. The largest absolute Gasteiger partial charge is 0.465 e. The minimum absolute atomic E-state index is 0.0476. The summed E-state index contributed by atoms with van der Waals surface area (Å²) in [6.07, 6.45) is 1.58. The van der Waals surface area contributed by atoms with Crippen LogP contribution in [0.15, 0.2) is 111 Å². The van der Waals surface area contributed by atoms with Crippen LogP contribution in [-0.4, -0.2) is 48.5 Å². The zero-order valence-corrected chi connectivity index (χ0v) is 26.4. The molecule has 2 heterocycles. The molecule has 0 amide bonds. The van der Waals surface area contributed by atoms with Gasteiger partial charge in [-0.1, -0.05) is 78.5 Å². The smallest absolute Gasteiger partial charge is 0.414 e. The molecule has 240 valence electrons. The van der Waals surface area contributed by atoms with E-state index in [1.165, 1.54) is 24.3 Å². The monoisotopic (exact) mass is 672 g/mol. The highest BCUT2D eigenvalue weighted by molar-refractivity contribution is 7.99. The van der Waals surface area contributed by atoms with Gasteiger partial charge in [0.15, 0.2) is 11.0 Å². The van der Waals surface area contributed by atoms with Crippen LogP contribution in [0.1, 0.15) is 24.8 Å². The lowest BCUT2D eigenvalue weighted by Crippen LogP contribution is -2.30. The molecule has 0 spiro atoms. The zero-order valence-electron chi connectivity index (χ0n) is 24.8.